The molecule has 1 atom stereocenters. The number of hydrogen-bond acceptors (Lipinski definition) is 6. The summed E-state index contributed by atoms with van der Waals surface area (Å²) in [4.78, 5) is 23.6. The van der Waals surface area contributed by atoms with E-state index in [-0.39, 0.29) is 5.91 Å². The molecule has 0 saturated carbocycles. The van der Waals surface area contributed by atoms with Crippen LogP contribution in [0.4, 0.5) is 5.82 Å². The Bertz CT molecular complexity index is 888. The van der Waals surface area contributed by atoms with Crippen molar-refractivity contribution in [1.29, 1.82) is 0 Å². The summed E-state index contributed by atoms with van der Waals surface area (Å²) in [5.74, 6) is 1.40. The molecule has 0 saturated heterocycles. The van der Waals surface area contributed by atoms with Gasteiger partial charge in [0.1, 0.15) is 28.8 Å². The van der Waals surface area contributed by atoms with Crippen molar-refractivity contribution in [2.45, 2.75) is 45.2 Å². The highest BCUT2D eigenvalue weighted by molar-refractivity contribution is 7.19. The molecular formula is C18H20N4O2S. The molecule has 0 aliphatic heterocycles. The quantitative estimate of drug-likeness (QED) is 0.733. The standard InChI is InChI=1S/C18H20N4O2S/c1-11(17(23)19-9-12-5-4-8-24-12)22-16-15-13-6-2-3-7-14(13)25-18(15)21-10-20-16/h4-5,8,10-11H,2-3,6-7,9H2,1H3,(H,19,23)(H,20,21,22). The molecule has 0 aromatic carbocycles. The van der Waals surface area contributed by atoms with Gasteiger partial charge >= 0.3 is 0 Å². The van der Waals surface area contributed by atoms with Crippen LogP contribution in [-0.4, -0.2) is 21.9 Å². The van der Waals surface area contributed by atoms with E-state index in [4.69, 9.17) is 4.42 Å². The van der Waals surface area contributed by atoms with E-state index in [0.29, 0.717) is 6.54 Å². The molecule has 3 aromatic rings. The number of aromatic nitrogens is 2. The van der Waals surface area contributed by atoms with Crippen molar-refractivity contribution in [2.24, 2.45) is 0 Å². The van der Waals surface area contributed by atoms with E-state index in [1.165, 1.54) is 23.3 Å². The molecule has 1 unspecified atom stereocenters. The lowest BCUT2D eigenvalue weighted by molar-refractivity contribution is -0.121. The number of carbonyl (C=O) groups is 1. The summed E-state index contributed by atoms with van der Waals surface area (Å²) >= 11 is 1.75. The van der Waals surface area contributed by atoms with Crippen LogP contribution in [-0.2, 0) is 24.2 Å². The predicted molar refractivity (Wildman–Crippen MR) is 97.7 cm³/mol. The number of rotatable bonds is 5. The van der Waals surface area contributed by atoms with Gasteiger partial charge in [0, 0.05) is 4.88 Å². The fourth-order valence-electron chi connectivity index (χ4n) is 3.21. The normalized spacial score (nSPS) is 14.9. The zero-order valence-electron chi connectivity index (χ0n) is 14.0. The third-order valence-electron chi connectivity index (χ3n) is 4.51. The number of nitrogens with one attached hydrogen (secondary N) is 2. The van der Waals surface area contributed by atoms with E-state index >= 15 is 0 Å². The van der Waals surface area contributed by atoms with Crippen molar-refractivity contribution in [3.05, 3.63) is 40.9 Å². The van der Waals surface area contributed by atoms with Crippen molar-refractivity contribution in [3.8, 4) is 0 Å². The van der Waals surface area contributed by atoms with Gasteiger partial charge in [-0.3, -0.25) is 4.79 Å². The first-order valence-corrected chi connectivity index (χ1v) is 9.36. The largest absolute Gasteiger partial charge is 0.467 e. The Morgan fingerprint density at radius 2 is 2.24 bits per heavy atom. The summed E-state index contributed by atoms with van der Waals surface area (Å²) in [5.41, 5.74) is 1.36. The molecule has 7 heteroatoms. The van der Waals surface area contributed by atoms with Gasteiger partial charge in [-0.15, -0.1) is 11.3 Å². The van der Waals surface area contributed by atoms with Gasteiger partial charge in [0.15, 0.2) is 0 Å². The first kappa shape index (κ1) is 16.1. The number of nitrogens with zero attached hydrogens (tertiary/aromatic N) is 2. The molecule has 3 aromatic heterocycles. The number of aryl methyl sites for hydroxylation is 2. The summed E-state index contributed by atoms with van der Waals surface area (Å²) < 4.78 is 5.24. The highest BCUT2D eigenvalue weighted by atomic mass is 32.1. The smallest absolute Gasteiger partial charge is 0.242 e. The summed E-state index contributed by atoms with van der Waals surface area (Å²) in [6.07, 6.45) is 7.79. The molecule has 1 aliphatic rings. The van der Waals surface area contributed by atoms with Crippen LogP contribution in [0.25, 0.3) is 10.2 Å². The molecule has 130 valence electrons. The maximum atomic E-state index is 12.3. The fourth-order valence-corrected chi connectivity index (χ4v) is 4.44. The van der Waals surface area contributed by atoms with Crippen molar-refractivity contribution < 1.29 is 9.21 Å². The van der Waals surface area contributed by atoms with Crippen molar-refractivity contribution in [3.63, 3.8) is 0 Å². The molecule has 0 spiro atoms. The minimum Gasteiger partial charge on any atom is -0.467 e. The second kappa shape index (κ2) is 6.84. The minimum absolute atomic E-state index is 0.0905. The Kier molecular flexibility index (Phi) is 4.40. The zero-order chi connectivity index (χ0) is 17.2. The molecule has 2 N–H and O–H groups in total. The van der Waals surface area contributed by atoms with Crippen LogP contribution < -0.4 is 10.6 Å². The lowest BCUT2D eigenvalue weighted by Crippen LogP contribution is -2.37. The van der Waals surface area contributed by atoms with Crippen LogP contribution in [0.2, 0.25) is 0 Å². The summed E-state index contributed by atoms with van der Waals surface area (Å²) in [5, 5.41) is 7.23. The van der Waals surface area contributed by atoms with Crippen LogP contribution in [0.5, 0.6) is 0 Å². The lowest BCUT2D eigenvalue weighted by Gasteiger charge is -2.16. The number of furan rings is 1. The molecular weight excluding hydrogens is 336 g/mol. The first-order valence-electron chi connectivity index (χ1n) is 8.54. The van der Waals surface area contributed by atoms with Crippen LogP contribution in [0, 0.1) is 0 Å². The number of anilines is 1. The Balaban J connectivity index is 1.51. The third-order valence-corrected chi connectivity index (χ3v) is 5.71. The summed E-state index contributed by atoms with van der Waals surface area (Å²) in [7, 11) is 0. The number of hydrogen-bond donors (Lipinski definition) is 2. The molecule has 0 radical (unpaired) electrons. The SMILES string of the molecule is CC(Nc1ncnc2sc3c(c12)CCCC3)C(=O)NCc1ccco1. The molecule has 0 bridgehead atoms. The van der Waals surface area contributed by atoms with Crippen LogP contribution in [0.3, 0.4) is 0 Å². The molecule has 6 nitrogen and oxygen atoms in total. The maximum Gasteiger partial charge on any atom is 0.242 e. The Hall–Kier alpha value is -2.41. The summed E-state index contributed by atoms with van der Waals surface area (Å²) in [6.45, 7) is 2.22. The molecule has 0 fully saturated rings. The second-order valence-corrected chi connectivity index (χ2v) is 7.36. The topological polar surface area (TPSA) is 80.0 Å². The van der Waals surface area contributed by atoms with Gasteiger partial charge < -0.3 is 15.1 Å². The molecule has 4 rings (SSSR count). The molecule has 3 heterocycles. The molecule has 1 aliphatic carbocycles. The monoisotopic (exact) mass is 356 g/mol. The zero-order valence-corrected chi connectivity index (χ0v) is 14.9. The van der Waals surface area contributed by atoms with E-state index < -0.39 is 6.04 Å². The number of carbonyl (C=O) groups excluding carboxylic acids is 1. The number of fused-ring (bicyclic) bond motifs is 3. The lowest BCUT2D eigenvalue weighted by atomic mass is 9.97. The highest BCUT2D eigenvalue weighted by Gasteiger charge is 2.21. The van der Waals surface area contributed by atoms with Crippen molar-refractivity contribution in [1.82, 2.24) is 15.3 Å². The molecule has 25 heavy (non-hydrogen) atoms. The Morgan fingerprint density at radius 1 is 1.36 bits per heavy atom. The minimum atomic E-state index is -0.396. The van der Waals surface area contributed by atoms with E-state index in [2.05, 4.69) is 20.6 Å². The average molecular weight is 356 g/mol. The highest BCUT2D eigenvalue weighted by Crippen LogP contribution is 2.38. The molecule has 1 amide bonds. The van der Waals surface area contributed by atoms with Crippen LogP contribution in [0.1, 0.15) is 36.0 Å². The Labute approximate surface area is 149 Å². The van der Waals surface area contributed by atoms with Gasteiger partial charge in [0.2, 0.25) is 5.91 Å². The van der Waals surface area contributed by atoms with Gasteiger partial charge in [0.05, 0.1) is 18.2 Å². The first-order chi connectivity index (χ1) is 12.2. The maximum absolute atomic E-state index is 12.3. The van der Waals surface area contributed by atoms with Gasteiger partial charge in [0.25, 0.3) is 0 Å². The van der Waals surface area contributed by atoms with Gasteiger partial charge in [-0.1, -0.05) is 0 Å². The van der Waals surface area contributed by atoms with E-state index in [1.807, 2.05) is 13.0 Å². The number of thiophene rings is 1. The van der Waals surface area contributed by atoms with Crippen LogP contribution in [0.15, 0.2) is 29.1 Å². The van der Waals surface area contributed by atoms with E-state index in [1.54, 1.807) is 30.0 Å². The second-order valence-electron chi connectivity index (χ2n) is 6.28. The van der Waals surface area contributed by atoms with E-state index in [0.717, 1.165) is 34.6 Å². The van der Waals surface area contributed by atoms with E-state index in [9.17, 15) is 4.79 Å². The van der Waals surface area contributed by atoms with Gasteiger partial charge in [-0.2, -0.15) is 0 Å². The number of amides is 1. The van der Waals surface area contributed by atoms with Crippen molar-refractivity contribution >= 4 is 33.3 Å². The third kappa shape index (κ3) is 3.24. The van der Waals surface area contributed by atoms with Crippen molar-refractivity contribution in [2.75, 3.05) is 5.32 Å². The van der Waals surface area contributed by atoms with Crippen LogP contribution >= 0.6 is 11.3 Å². The summed E-state index contributed by atoms with van der Waals surface area (Å²) in [6, 6.07) is 3.25. The fraction of sp³-hybridized carbons (Fsp3) is 0.389. The predicted octanol–water partition coefficient (Wildman–Crippen LogP) is 3.28. The Morgan fingerprint density at radius 3 is 3.08 bits per heavy atom. The van der Waals surface area contributed by atoms with Gasteiger partial charge in [-0.25, -0.2) is 9.97 Å². The average Bonchev–Trinajstić information content (AvgIpc) is 3.27. The van der Waals surface area contributed by atoms with Gasteiger partial charge in [-0.05, 0) is 50.3 Å².